The third kappa shape index (κ3) is 5.92. The van der Waals surface area contributed by atoms with Gasteiger partial charge in [-0.25, -0.2) is 4.39 Å². The molecule has 0 saturated carbocycles. The molecule has 1 heterocycles. The Morgan fingerprint density at radius 3 is 2.48 bits per heavy atom. The van der Waals surface area contributed by atoms with Gasteiger partial charge < -0.3 is 15.1 Å². The first-order chi connectivity index (χ1) is 13.1. The SMILES string of the molecule is CCN(CC)[C@H](CNC(=O)CCNC(=O)c1ccccc1F)c1ccco1. The molecular formula is C20H26FN3O3. The lowest BCUT2D eigenvalue weighted by atomic mass is 10.1. The van der Waals surface area contributed by atoms with Crippen molar-refractivity contribution in [3.63, 3.8) is 0 Å². The van der Waals surface area contributed by atoms with Gasteiger partial charge in [-0.1, -0.05) is 26.0 Å². The minimum atomic E-state index is -0.583. The van der Waals surface area contributed by atoms with Crippen LogP contribution in [0.2, 0.25) is 0 Å². The highest BCUT2D eigenvalue weighted by atomic mass is 19.1. The molecule has 0 unspecified atom stereocenters. The van der Waals surface area contributed by atoms with Crippen LogP contribution < -0.4 is 10.6 Å². The molecule has 7 heteroatoms. The van der Waals surface area contributed by atoms with Crippen molar-refractivity contribution in [3.05, 3.63) is 59.8 Å². The zero-order valence-electron chi connectivity index (χ0n) is 15.7. The number of halogens is 1. The van der Waals surface area contributed by atoms with E-state index in [-0.39, 0.29) is 30.5 Å². The first kappa shape index (κ1) is 20.6. The van der Waals surface area contributed by atoms with Crippen LogP contribution in [0.25, 0.3) is 0 Å². The third-order valence-electron chi connectivity index (χ3n) is 4.37. The van der Waals surface area contributed by atoms with Crippen molar-refractivity contribution >= 4 is 11.8 Å². The van der Waals surface area contributed by atoms with E-state index in [1.54, 1.807) is 12.3 Å². The van der Waals surface area contributed by atoms with E-state index in [4.69, 9.17) is 4.42 Å². The molecule has 0 spiro atoms. The number of hydrogen-bond donors (Lipinski definition) is 2. The van der Waals surface area contributed by atoms with E-state index in [1.807, 2.05) is 12.1 Å². The Morgan fingerprint density at radius 1 is 1.11 bits per heavy atom. The summed E-state index contributed by atoms with van der Waals surface area (Å²) in [7, 11) is 0. The van der Waals surface area contributed by atoms with E-state index in [9.17, 15) is 14.0 Å². The second-order valence-corrected chi connectivity index (χ2v) is 6.04. The van der Waals surface area contributed by atoms with Crippen LogP contribution in [0, 0.1) is 5.82 Å². The Morgan fingerprint density at radius 2 is 1.85 bits per heavy atom. The summed E-state index contributed by atoms with van der Waals surface area (Å²) in [5.41, 5.74) is -0.0303. The van der Waals surface area contributed by atoms with Crippen molar-refractivity contribution in [1.82, 2.24) is 15.5 Å². The first-order valence-corrected chi connectivity index (χ1v) is 9.13. The van der Waals surface area contributed by atoms with Gasteiger partial charge in [0.2, 0.25) is 5.91 Å². The second kappa shape index (κ2) is 10.5. The zero-order valence-corrected chi connectivity index (χ0v) is 15.7. The molecule has 2 amide bonds. The van der Waals surface area contributed by atoms with Gasteiger partial charge in [0.05, 0.1) is 17.9 Å². The van der Waals surface area contributed by atoms with E-state index in [1.165, 1.54) is 18.2 Å². The maximum Gasteiger partial charge on any atom is 0.254 e. The highest BCUT2D eigenvalue weighted by molar-refractivity contribution is 5.94. The molecule has 2 aromatic rings. The Labute approximate surface area is 158 Å². The van der Waals surface area contributed by atoms with Crippen molar-refractivity contribution in [1.29, 1.82) is 0 Å². The van der Waals surface area contributed by atoms with Crippen molar-refractivity contribution in [2.45, 2.75) is 26.3 Å². The van der Waals surface area contributed by atoms with Crippen molar-refractivity contribution in [2.24, 2.45) is 0 Å². The molecular weight excluding hydrogens is 349 g/mol. The van der Waals surface area contributed by atoms with Gasteiger partial charge in [0, 0.05) is 19.5 Å². The molecule has 6 nitrogen and oxygen atoms in total. The fourth-order valence-corrected chi connectivity index (χ4v) is 2.88. The summed E-state index contributed by atoms with van der Waals surface area (Å²) in [5, 5.41) is 5.44. The topological polar surface area (TPSA) is 74.6 Å². The van der Waals surface area contributed by atoms with E-state index in [0.29, 0.717) is 6.54 Å². The van der Waals surface area contributed by atoms with E-state index in [2.05, 4.69) is 29.4 Å². The van der Waals surface area contributed by atoms with Crippen LogP contribution in [-0.2, 0) is 4.79 Å². The standard InChI is InChI=1S/C20H26FN3O3/c1-3-24(4-2)17(18-10-7-13-27-18)14-23-19(25)11-12-22-20(26)15-8-5-6-9-16(15)21/h5-10,13,17H,3-4,11-12,14H2,1-2H3,(H,22,26)(H,23,25)/t17-/m1/s1. The largest absolute Gasteiger partial charge is 0.468 e. The number of furan rings is 1. The maximum absolute atomic E-state index is 13.6. The molecule has 1 aromatic heterocycles. The number of nitrogens with zero attached hydrogens (tertiary/aromatic N) is 1. The summed E-state index contributed by atoms with van der Waals surface area (Å²) in [6, 6.07) is 9.41. The summed E-state index contributed by atoms with van der Waals surface area (Å²) >= 11 is 0. The lowest BCUT2D eigenvalue weighted by Crippen LogP contribution is -2.39. The van der Waals surface area contributed by atoms with Gasteiger partial charge in [-0.2, -0.15) is 0 Å². The van der Waals surface area contributed by atoms with Crippen LogP contribution >= 0.6 is 0 Å². The van der Waals surface area contributed by atoms with Crippen LogP contribution in [0.5, 0.6) is 0 Å². The lowest BCUT2D eigenvalue weighted by Gasteiger charge is -2.28. The molecule has 0 bridgehead atoms. The fraction of sp³-hybridized carbons (Fsp3) is 0.400. The van der Waals surface area contributed by atoms with Gasteiger partial charge in [-0.05, 0) is 37.4 Å². The maximum atomic E-state index is 13.6. The first-order valence-electron chi connectivity index (χ1n) is 9.13. The Kier molecular flexibility index (Phi) is 8.00. The highest BCUT2D eigenvalue weighted by Crippen LogP contribution is 2.20. The van der Waals surface area contributed by atoms with Crippen molar-refractivity contribution in [2.75, 3.05) is 26.2 Å². The number of carbonyl (C=O) groups excluding carboxylic acids is 2. The third-order valence-corrected chi connectivity index (χ3v) is 4.37. The molecule has 1 aromatic carbocycles. The summed E-state index contributed by atoms with van der Waals surface area (Å²) < 4.78 is 19.1. The number of carbonyl (C=O) groups is 2. The van der Waals surface area contributed by atoms with Crippen LogP contribution in [0.4, 0.5) is 4.39 Å². The number of likely N-dealkylation sites (N-methyl/N-ethyl adjacent to an activating group) is 1. The van der Waals surface area contributed by atoms with Crippen molar-refractivity contribution < 1.29 is 18.4 Å². The summed E-state index contributed by atoms with van der Waals surface area (Å²) in [5.74, 6) is -0.503. The number of hydrogen-bond acceptors (Lipinski definition) is 4. The van der Waals surface area contributed by atoms with Gasteiger partial charge in [-0.3, -0.25) is 14.5 Å². The average Bonchev–Trinajstić information content (AvgIpc) is 3.19. The smallest absolute Gasteiger partial charge is 0.254 e. The van der Waals surface area contributed by atoms with Crippen molar-refractivity contribution in [3.8, 4) is 0 Å². The molecule has 0 fully saturated rings. The molecule has 27 heavy (non-hydrogen) atoms. The predicted octanol–water partition coefficient (Wildman–Crippen LogP) is 2.74. The summed E-state index contributed by atoms with van der Waals surface area (Å²) in [6.45, 7) is 6.32. The Bertz CT molecular complexity index is 730. The lowest BCUT2D eigenvalue weighted by molar-refractivity contribution is -0.121. The Hall–Kier alpha value is -2.67. The van der Waals surface area contributed by atoms with Gasteiger partial charge in [0.25, 0.3) is 5.91 Å². The monoisotopic (exact) mass is 375 g/mol. The molecule has 0 aliphatic carbocycles. The fourth-order valence-electron chi connectivity index (χ4n) is 2.88. The second-order valence-electron chi connectivity index (χ2n) is 6.04. The normalized spacial score (nSPS) is 12.0. The van der Waals surface area contributed by atoms with Crippen LogP contribution in [0.15, 0.2) is 47.1 Å². The summed E-state index contributed by atoms with van der Waals surface area (Å²) in [6.07, 6.45) is 1.73. The molecule has 2 rings (SSSR count). The zero-order chi connectivity index (χ0) is 19.6. The number of rotatable bonds is 10. The van der Waals surface area contributed by atoms with Crippen LogP contribution in [0.3, 0.4) is 0 Å². The van der Waals surface area contributed by atoms with Crippen LogP contribution in [0.1, 0.15) is 42.4 Å². The van der Waals surface area contributed by atoms with Gasteiger partial charge in [0.1, 0.15) is 11.6 Å². The van der Waals surface area contributed by atoms with Gasteiger partial charge >= 0.3 is 0 Å². The average molecular weight is 375 g/mol. The van der Waals surface area contributed by atoms with Crippen LogP contribution in [-0.4, -0.2) is 42.9 Å². The quantitative estimate of drug-likeness (QED) is 0.670. The minimum absolute atomic E-state index is 0.0303. The highest BCUT2D eigenvalue weighted by Gasteiger charge is 2.21. The molecule has 146 valence electrons. The minimum Gasteiger partial charge on any atom is -0.468 e. The predicted molar refractivity (Wildman–Crippen MR) is 101 cm³/mol. The number of benzene rings is 1. The molecule has 2 N–H and O–H groups in total. The molecule has 0 saturated heterocycles. The van der Waals surface area contributed by atoms with E-state index >= 15 is 0 Å². The molecule has 0 radical (unpaired) electrons. The number of amides is 2. The molecule has 1 atom stereocenters. The van der Waals surface area contributed by atoms with E-state index in [0.717, 1.165) is 18.8 Å². The Balaban J connectivity index is 1.81. The van der Waals surface area contributed by atoms with Gasteiger partial charge in [-0.15, -0.1) is 0 Å². The van der Waals surface area contributed by atoms with Gasteiger partial charge in [0.15, 0.2) is 0 Å². The molecule has 0 aliphatic rings. The number of nitrogens with one attached hydrogen (secondary N) is 2. The van der Waals surface area contributed by atoms with E-state index < -0.39 is 11.7 Å². The summed E-state index contributed by atoms with van der Waals surface area (Å²) in [4.78, 5) is 26.2. The molecule has 0 aliphatic heterocycles.